The van der Waals surface area contributed by atoms with Gasteiger partial charge in [0.1, 0.15) is 16.5 Å². The van der Waals surface area contributed by atoms with Crippen LogP contribution in [0.25, 0.3) is 0 Å². The Morgan fingerprint density at radius 2 is 1.68 bits per heavy atom. The van der Waals surface area contributed by atoms with Gasteiger partial charge in [0.2, 0.25) is 0 Å². The number of carbonyl (C=O) groups excluding carboxylic acids is 1. The summed E-state index contributed by atoms with van der Waals surface area (Å²) in [5, 5.41) is 2.38. The second kappa shape index (κ2) is 11.1. The second-order valence-electron chi connectivity index (χ2n) is 9.50. The number of nitrogens with zero attached hydrogens (tertiary/aromatic N) is 3. The minimum Gasteiger partial charge on any atom is -0.347 e. The molecule has 3 heterocycles. The molecule has 0 saturated carbocycles. The lowest BCUT2D eigenvalue weighted by atomic mass is 10.0. The summed E-state index contributed by atoms with van der Waals surface area (Å²) in [5.74, 6) is -1.10. The number of aromatic nitrogens is 1. The zero-order valence-corrected chi connectivity index (χ0v) is 21.4. The number of hydrogen-bond acceptors (Lipinski definition) is 6. The average molecular weight is 550 g/mol. The standard InChI is InChI=1S/C27H27F4N3O3S/c28-22-6-4-19(5-7-22)15-33(16-20-2-1-3-21(14-20)27(29,30)31)17-24-32-23(18-38-24)25(35)34-10-8-26(9-11-34)36-12-13-37-26/h1-7,14,18H,8-13,15-17H2. The Labute approximate surface area is 221 Å². The Hall–Kier alpha value is -2.86. The number of amides is 1. The molecule has 1 aromatic heterocycles. The number of rotatable bonds is 7. The van der Waals surface area contributed by atoms with Crippen molar-refractivity contribution < 1.29 is 31.8 Å². The summed E-state index contributed by atoms with van der Waals surface area (Å²) in [7, 11) is 0. The highest BCUT2D eigenvalue weighted by Crippen LogP contribution is 2.32. The van der Waals surface area contributed by atoms with E-state index < -0.39 is 17.5 Å². The quantitative estimate of drug-likeness (QED) is 0.366. The molecule has 0 bridgehead atoms. The molecule has 2 aliphatic rings. The maximum absolute atomic E-state index is 13.4. The molecular formula is C27H27F4N3O3S. The molecular weight excluding hydrogens is 522 g/mol. The molecule has 6 nitrogen and oxygen atoms in total. The van der Waals surface area contributed by atoms with Gasteiger partial charge in [-0.25, -0.2) is 9.37 Å². The fourth-order valence-electron chi connectivity index (χ4n) is 4.79. The van der Waals surface area contributed by atoms with Crippen LogP contribution < -0.4 is 0 Å². The number of hydrogen-bond donors (Lipinski definition) is 0. The van der Waals surface area contributed by atoms with Gasteiger partial charge in [0, 0.05) is 44.4 Å². The van der Waals surface area contributed by atoms with E-state index >= 15 is 0 Å². The molecule has 0 atom stereocenters. The molecule has 2 aliphatic heterocycles. The van der Waals surface area contributed by atoms with E-state index in [1.54, 1.807) is 28.5 Å². The fourth-order valence-corrected chi connectivity index (χ4v) is 5.60. The summed E-state index contributed by atoms with van der Waals surface area (Å²) in [6.07, 6.45) is -3.22. The SMILES string of the molecule is O=C(c1csc(CN(Cc2ccc(F)cc2)Cc2cccc(C(F)(F)F)c2)n1)N1CCC2(CC1)OCCO2. The van der Waals surface area contributed by atoms with Crippen molar-refractivity contribution in [2.75, 3.05) is 26.3 Å². The fraction of sp³-hybridized carbons (Fsp3) is 0.407. The smallest absolute Gasteiger partial charge is 0.347 e. The third-order valence-electron chi connectivity index (χ3n) is 6.74. The van der Waals surface area contributed by atoms with Gasteiger partial charge < -0.3 is 14.4 Å². The Kier molecular flexibility index (Phi) is 7.80. The van der Waals surface area contributed by atoms with E-state index in [0.717, 1.165) is 17.7 Å². The molecule has 2 fully saturated rings. The third-order valence-corrected chi connectivity index (χ3v) is 7.57. The molecule has 0 N–H and O–H groups in total. The summed E-state index contributed by atoms with van der Waals surface area (Å²) < 4.78 is 64.6. The van der Waals surface area contributed by atoms with Crippen LogP contribution >= 0.6 is 11.3 Å². The lowest BCUT2D eigenvalue weighted by molar-refractivity contribution is -0.181. The molecule has 3 aromatic rings. The number of alkyl halides is 3. The first-order valence-electron chi connectivity index (χ1n) is 12.3. The van der Waals surface area contributed by atoms with Crippen LogP contribution in [0.1, 0.15) is 45.0 Å². The van der Waals surface area contributed by atoms with Gasteiger partial charge in [-0.3, -0.25) is 9.69 Å². The van der Waals surface area contributed by atoms with Crippen LogP contribution in [0, 0.1) is 5.82 Å². The van der Waals surface area contributed by atoms with Crippen molar-refractivity contribution in [3.8, 4) is 0 Å². The van der Waals surface area contributed by atoms with Gasteiger partial charge in [-0.2, -0.15) is 13.2 Å². The van der Waals surface area contributed by atoms with Gasteiger partial charge in [0.25, 0.3) is 5.91 Å². The zero-order valence-electron chi connectivity index (χ0n) is 20.5. The van der Waals surface area contributed by atoms with E-state index in [1.165, 1.54) is 29.5 Å². The van der Waals surface area contributed by atoms with Gasteiger partial charge >= 0.3 is 6.18 Å². The number of benzene rings is 2. The van der Waals surface area contributed by atoms with Crippen LogP contribution in [-0.4, -0.2) is 52.8 Å². The molecule has 38 heavy (non-hydrogen) atoms. The largest absolute Gasteiger partial charge is 0.416 e. The topological polar surface area (TPSA) is 54.9 Å². The minimum absolute atomic E-state index is 0.164. The first-order chi connectivity index (χ1) is 18.2. The van der Waals surface area contributed by atoms with Crippen LogP contribution in [0.5, 0.6) is 0 Å². The highest BCUT2D eigenvalue weighted by atomic mass is 32.1. The van der Waals surface area contributed by atoms with E-state index in [0.29, 0.717) is 68.5 Å². The van der Waals surface area contributed by atoms with Crippen LogP contribution in [0.15, 0.2) is 53.9 Å². The van der Waals surface area contributed by atoms with Crippen molar-refractivity contribution in [2.24, 2.45) is 0 Å². The van der Waals surface area contributed by atoms with Crippen LogP contribution in [0.3, 0.4) is 0 Å². The Bertz CT molecular complexity index is 1250. The summed E-state index contributed by atoms with van der Waals surface area (Å²) in [5.41, 5.74) is 0.934. The molecule has 0 radical (unpaired) electrons. The minimum atomic E-state index is -4.44. The molecule has 11 heteroatoms. The highest BCUT2D eigenvalue weighted by Gasteiger charge is 2.41. The van der Waals surface area contributed by atoms with E-state index in [-0.39, 0.29) is 18.3 Å². The second-order valence-corrected chi connectivity index (χ2v) is 10.4. The van der Waals surface area contributed by atoms with Crippen LogP contribution in [-0.2, 0) is 35.3 Å². The predicted molar refractivity (Wildman–Crippen MR) is 133 cm³/mol. The van der Waals surface area contributed by atoms with Crippen molar-refractivity contribution in [1.29, 1.82) is 0 Å². The van der Waals surface area contributed by atoms with Crippen molar-refractivity contribution in [2.45, 2.75) is 44.4 Å². The normalized spacial score (nSPS) is 17.4. The van der Waals surface area contributed by atoms with Crippen molar-refractivity contribution >= 4 is 17.2 Å². The number of thiazole rings is 1. The molecule has 5 rings (SSSR count). The molecule has 202 valence electrons. The maximum atomic E-state index is 13.4. The van der Waals surface area contributed by atoms with Gasteiger partial charge in [-0.1, -0.05) is 30.3 Å². The monoisotopic (exact) mass is 549 g/mol. The van der Waals surface area contributed by atoms with Gasteiger partial charge in [0.05, 0.1) is 25.3 Å². The van der Waals surface area contributed by atoms with E-state index in [9.17, 15) is 22.4 Å². The summed E-state index contributed by atoms with van der Waals surface area (Å²) in [6.45, 7) is 3.06. The van der Waals surface area contributed by atoms with E-state index in [1.807, 2.05) is 4.90 Å². The first-order valence-corrected chi connectivity index (χ1v) is 13.2. The summed E-state index contributed by atoms with van der Waals surface area (Å²) >= 11 is 1.33. The Balaban J connectivity index is 1.28. The molecule has 0 unspecified atom stereocenters. The Morgan fingerprint density at radius 1 is 1.00 bits per heavy atom. The highest BCUT2D eigenvalue weighted by molar-refractivity contribution is 7.09. The van der Waals surface area contributed by atoms with Gasteiger partial charge in [0.15, 0.2) is 5.79 Å². The first kappa shape index (κ1) is 26.7. The number of likely N-dealkylation sites (tertiary alicyclic amines) is 1. The number of carbonyl (C=O) groups is 1. The number of halogens is 4. The lowest BCUT2D eigenvalue weighted by Gasteiger charge is -2.37. The molecule has 1 spiro atoms. The van der Waals surface area contributed by atoms with Crippen LogP contribution in [0.4, 0.5) is 17.6 Å². The molecule has 2 aromatic carbocycles. The molecule has 1 amide bonds. The third kappa shape index (κ3) is 6.40. The predicted octanol–water partition coefficient (Wildman–Crippen LogP) is 5.48. The average Bonchev–Trinajstić information content (AvgIpc) is 3.55. The molecule has 0 aliphatic carbocycles. The Morgan fingerprint density at radius 3 is 2.37 bits per heavy atom. The number of piperidine rings is 1. The number of ether oxygens (including phenoxy) is 2. The van der Waals surface area contributed by atoms with Gasteiger partial charge in [-0.05, 0) is 29.3 Å². The van der Waals surface area contributed by atoms with Crippen molar-refractivity contribution in [3.05, 3.63) is 87.1 Å². The van der Waals surface area contributed by atoms with Gasteiger partial charge in [-0.15, -0.1) is 11.3 Å². The van der Waals surface area contributed by atoms with E-state index in [4.69, 9.17) is 9.47 Å². The lowest BCUT2D eigenvalue weighted by Crippen LogP contribution is -2.47. The van der Waals surface area contributed by atoms with E-state index in [2.05, 4.69) is 4.98 Å². The summed E-state index contributed by atoms with van der Waals surface area (Å²) in [6, 6.07) is 11.2. The summed E-state index contributed by atoms with van der Waals surface area (Å²) in [4.78, 5) is 21.3. The van der Waals surface area contributed by atoms with Crippen molar-refractivity contribution in [3.63, 3.8) is 0 Å². The maximum Gasteiger partial charge on any atom is 0.416 e. The van der Waals surface area contributed by atoms with Crippen molar-refractivity contribution in [1.82, 2.24) is 14.8 Å². The molecule has 2 saturated heterocycles. The van der Waals surface area contributed by atoms with Crippen LogP contribution in [0.2, 0.25) is 0 Å². The zero-order chi connectivity index (χ0) is 26.8.